The predicted octanol–water partition coefficient (Wildman–Crippen LogP) is -8.76. The van der Waals surface area contributed by atoms with Gasteiger partial charge in [-0.1, -0.05) is 19.6 Å². The Morgan fingerprint density at radius 1 is 0.718 bits per heavy atom. The van der Waals surface area contributed by atoms with Crippen molar-refractivity contribution in [3.05, 3.63) is 0 Å². The number of hydrogen-bond donors (Lipinski definition) is 8. The molecule has 0 aromatic rings. The van der Waals surface area contributed by atoms with Crippen molar-refractivity contribution in [1.82, 2.24) is 0 Å². The van der Waals surface area contributed by atoms with Gasteiger partial charge in [0, 0.05) is 7.11 Å². The molecule has 14 nitrogen and oxygen atoms in total. The standard InChI is InChI=1S/C11H52O14Si14/c1-20-36(26,29-15)25-37(24-34(7,8)32(2,3)4,38(30-16,22-27-13)33(5,6)18)39(31-17,23-28-14)35(9,19)21-11-10-12/h12-19H,10-11,27-31H2,1-9,26H3. The van der Waals surface area contributed by atoms with E-state index in [2.05, 4.69) is 19.6 Å². The summed E-state index contributed by atoms with van der Waals surface area (Å²) in [6, 6.07) is 0. The van der Waals surface area contributed by atoms with Gasteiger partial charge in [-0.05, 0) is 32.7 Å². The zero-order valence-corrected chi connectivity index (χ0v) is 42.0. The van der Waals surface area contributed by atoms with E-state index in [9.17, 15) is 38.7 Å². The van der Waals surface area contributed by atoms with Gasteiger partial charge in [0.2, 0.25) is 17.1 Å². The summed E-state index contributed by atoms with van der Waals surface area (Å²) in [7, 11) is -30.8. The maximum atomic E-state index is 12.2. The Hall–Kier alpha value is 2.48. The fraction of sp³-hybridized carbons (Fsp3) is 1.00. The van der Waals surface area contributed by atoms with Gasteiger partial charge in [-0.25, -0.2) is 0 Å². The quantitative estimate of drug-likeness (QED) is 0.0537. The summed E-state index contributed by atoms with van der Waals surface area (Å²) in [5.41, 5.74) is 0. The first-order chi connectivity index (χ1) is 17.6. The average Bonchev–Trinajstić information content (AvgIpc) is 2.82. The molecule has 5 unspecified atom stereocenters. The molecule has 0 spiro atoms. The third-order valence-corrected chi connectivity index (χ3v) is 146. The van der Waals surface area contributed by atoms with Crippen molar-refractivity contribution >= 4 is 118 Å². The molecule has 0 saturated carbocycles. The SMILES string of the molecule is CO[Si]([SiH3])(O[Si](O[Si](C)(C)[Si](C)(C)C)([Si](O[SiH2]O)([SiH2]O)[Si](C)(C)O)[Si](O[SiH2]O)([SiH2]O)[Si](C)(O)OCCO)[SiH2]O. The Morgan fingerprint density at radius 3 is 1.49 bits per heavy atom. The lowest BCUT2D eigenvalue weighted by Crippen LogP contribution is -3.01. The van der Waals surface area contributed by atoms with Crippen molar-refractivity contribution in [3.8, 4) is 0 Å². The topological polar surface area (TPSA) is 217 Å². The van der Waals surface area contributed by atoms with Crippen LogP contribution in [0.1, 0.15) is 0 Å². The molecule has 28 heteroatoms. The lowest BCUT2D eigenvalue weighted by atomic mass is 10.8. The van der Waals surface area contributed by atoms with Crippen LogP contribution < -0.4 is 0 Å². The summed E-state index contributed by atoms with van der Waals surface area (Å²) in [4.78, 5) is 78.5. The first-order valence-electron chi connectivity index (χ1n) is 12.6. The summed E-state index contributed by atoms with van der Waals surface area (Å²) in [5, 5.41) is 9.56. The second-order valence-corrected chi connectivity index (χ2v) is 99.9. The molecule has 0 amide bonds. The first kappa shape index (κ1) is 41.5. The van der Waals surface area contributed by atoms with Crippen LogP contribution in [0, 0.1) is 0 Å². The second-order valence-electron chi connectivity index (χ2n) is 11.7. The van der Waals surface area contributed by atoms with Gasteiger partial charge in [0.1, 0.15) is 0 Å². The van der Waals surface area contributed by atoms with Crippen LogP contribution in [-0.4, -0.2) is 177 Å². The highest BCUT2D eigenvalue weighted by Crippen LogP contribution is 2.43. The Balaban J connectivity index is 8.61. The van der Waals surface area contributed by atoms with Gasteiger partial charge >= 0.3 is 23.3 Å². The van der Waals surface area contributed by atoms with E-state index in [1.807, 2.05) is 13.1 Å². The molecule has 0 aliphatic rings. The third-order valence-electron chi connectivity index (χ3n) is 7.63. The van der Waals surface area contributed by atoms with Crippen molar-refractivity contribution in [1.29, 1.82) is 0 Å². The summed E-state index contributed by atoms with van der Waals surface area (Å²) in [6.45, 7) is 5.73. The van der Waals surface area contributed by atoms with Gasteiger partial charge in [0.05, 0.1) is 30.6 Å². The molecule has 8 N–H and O–H groups in total. The molecule has 0 radical (unpaired) electrons. The highest BCUT2D eigenvalue weighted by molar-refractivity contribution is 8.01. The highest BCUT2D eigenvalue weighted by Gasteiger charge is 2.86. The molecular weight excluding hydrogens is 749 g/mol. The largest absolute Gasteiger partial charge is 0.441 e. The fourth-order valence-electron chi connectivity index (χ4n) is 4.06. The third kappa shape index (κ3) is 8.40. The van der Waals surface area contributed by atoms with E-state index in [4.69, 9.17) is 25.3 Å². The lowest BCUT2D eigenvalue weighted by Gasteiger charge is -2.61. The molecule has 0 aromatic heterocycles. The van der Waals surface area contributed by atoms with Crippen molar-refractivity contribution < 1.29 is 64.0 Å². The van der Waals surface area contributed by atoms with E-state index >= 15 is 0 Å². The van der Waals surface area contributed by atoms with Crippen LogP contribution >= 0.6 is 0 Å². The van der Waals surface area contributed by atoms with E-state index in [-0.39, 0.29) is 16.4 Å². The van der Waals surface area contributed by atoms with Gasteiger partial charge < -0.3 is 64.0 Å². The van der Waals surface area contributed by atoms with Crippen molar-refractivity contribution in [2.24, 2.45) is 0 Å². The normalized spacial score (nSPS) is 23.0. The molecule has 0 heterocycles. The van der Waals surface area contributed by atoms with Crippen LogP contribution in [0.25, 0.3) is 0 Å². The number of aliphatic hydroxyl groups is 1. The van der Waals surface area contributed by atoms with Gasteiger partial charge in [0.25, 0.3) is 33.8 Å². The summed E-state index contributed by atoms with van der Waals surface area (Å²) in [5.74, 6) is 0. The Labute approximate surface area is 253 Å². The molecule has 5 atom stereocenters. The van der Waals surface area contributed by atoms with Crippen molar-refractivity contribution in [2.75, 3.05) is 20.3 Å². The molecule has 0 aliphatic carbocycles. The molecule has 0 aliphatic heterocycles. The molecule has 0 rings (SSSR count). The summed E-state index contributed by atoms with van der Waals surface area (Å²) < 4.78 is 38.7. The Morgan fingerprint density at radius 2 is 1.18 bits per heavy atom. The van der Waals surface area contributed by atoms with E-state index < -0.39 is 115 Å². The minimum atomic E-state index is -4.57. The Kier molecular flexibility index (Phi) is 16.6. The van der Waals surface area contributed by atoms with Crippen LogP contribution in [0.5, 0.6) is 0 Å². The molecule has 0 bridgehead atoms. The Bertz CT molecular complexity index is 752. The van der Waals surface area contributed by atoms with Crippen molar-refractivity contribution in [2.45, 2.75) is 52.4 Å². The minimum absolute atomic E-state index is 0.262. The number of hydrogen-bond acceptors (Lipinski definition) is 14. The highest BCUT2D eigenvalue weighted by atomic mass is 30.2. The second kappa shape index (κ2) is 15.7. The molecule has 236 valence electrons. The maximum Gasteiger partial charge on any atom is 0.343 e. The van der Waals surface area contributed by atoms with Crippen molar-refractivity contribution in [3.63, 3.8) is 0 Å². The van der Waals surface area contributed by atoms with E-state index in [0.29, 0.717) is 0 Å². The van der Waals surface area contributed by atoms with Gasteiger partial charge in [0.15, 0.2) is 26.4 Å². The molecule has 0 saturated heterocycles. The van der Waals surface area contributed by atoms with E-state index in [1.54, 1.807) is 13.1 Å². The van der Waals surface area contributed by atoms with E-state index in [1.165, 1.54) is 13.7 Å². The number of rotatable bonds is 20. The molecule has 0 fully saturated rings. The average molecular weight is 802 g/mol. The molecular formula is C11H52O14Si14. The van der Waals surface area contributed by atoms with Gasteiger partial charge in [-0.3, -0.25) is 0 Å². The van der Waals surface area contributed by atoms with Gasteiger partial charge in [-0.15, -0.1) is 0 Å². The van der Waals surface area contributed by atoms with Crippen LogP contribution in [0.4, 0.5) is 0 Å². The van der Waals surface area contributed by atoms with E-state index in [0.717, 1.165) is 0 Å². The van der Waals surface area contributed by atoms with Crippen LogP contribution in [0.2, 0.25) is 52.4 Å². The molecule has 0 aromatic carbocycles. The van der Waals surface area contributed by atoms with Crippen LogP contribution in [0.15, 0.2) is 0 Å². The lowest BCUT2D eigenvalue weighted by molar-refractivity contribution is 0.172. The fourth-order valence-corrected chi connectivity index (χ4v) is 194. The summed E-state index contributed by atoms with van der Waals surface area (Å²) >= 11 is 0. The first-order valence-corrected chi connectivity index (χ1v) is 51.5. The number of aliphatic hydroxyl groups excluding tert-OH is 1. The zero-order valence-electron chi connectivity index (χ0n) is 25.0. The minimum Gasteiger partial charge on any atom is -0.441 e. The van der Waals surface area contributed by atoms with Gasteiger partial charge in [-0.2, -0.15) is 0 Å². The molecule has 39 heavy (non-hydrogen) atoms. The maximum absolute atomic E-state index is 12.2. The van der Waals surface area contributed by atoms with Crippen LogP contribution in [-0.2, 0) is 25.3 Å². The zero-order chi connectivity index (χ0) is 31.2. The predicted molar refractivity (Wildman–Crippen MR) is 186 cm³/mol. The summed E-state index contributed by atoms with van der Waals surface area (Å²) in [6.07, 6.45) is 0. The monoisotopic (exact) mass is 800 g/mol. The smallest absolute Gasteiger partial charge is 0.343 e. The van der Waals surface area contributed by atoms with Crippen LogP contribution in [0.3, 0.4) is 0 Å².